The molecule has 0 saturated carbocycles. The standard InChI is InChI=1S/C6H14N2.2C3H6/c1-8-4-2-6(7)3-5-8;2*1-3-2/h6H,2-5,7H2,1H3;2*3H,1H2,2H3. The quantitative estimate of drug-likeness (QED) is 0.606. The monoisotopic (exact) mass is 198 g/mol. The number of allylic oxidation sites excluding steroid dienone is 2. The van der Waals surface area contributed by atoms with Crippen LogP contribution in [0.5, 0.6) is 0 Å². The summed E-state index contributed by atoms with van der Waals surface area (Å²) in [5, 5.41) is 0. The molecule has 0 aromatic heterocycles. The predicted octanol–water partition coefficient (Wildman–Crippen LogP) is 2.42. The molecule has 1 heterocycles. The van der Waals surface area contributed by atoms with Crippen molar-refractivity contribution < 1.29 is 0 Å². The Labute approximate surface area is 89.5 Å². The van der Waals surface area contributed by atoms with Crippen LogP contribution in [0.25, 0.3) is 0 Å². The SMILES string of the molecule is C=CC.C=CC.CN1CCC(N)CC1. The van der Waals surface area contributed by atoms with Gasteiger partial charge in [0.1, 0.15) is 0 Å². The van der Waals surface area contributed by atoms with E-state index in [1.807, 2.05) is 13.8 Å². The van der Waals surface area contributed by atoms with Crippen molar-refractivity contribution in [3.8, 4) is 0 Å². The van der Waals surface area contributed by atoms with Crippen LogP contribution in [0.1, 0.15) is 26.7 Å². The minimum atomic E-state index is 0.478. The highest BCUT2D eigenvalue weighted by Crippen LogP contribution is 2.04. The van der Waals surface area contributed by atoms with Gasteiger partial charge in [-0.2, -0.15) is 0 Å². The maximum Gasteiger partial charge on any atom is 0.00631 e. The van der Waals surface area contributed by atoms with Gasteiger partial charge in [0.05, 0.1) is 0 Å². The van der Waals surface area contributed by atoms with E-state index in [1.165, 1.54) is 25.9 Å². The first kappa shape index (κ1) is 15.9. The van der Waals surface area contributed by atoms with E-state index in [2.05, 4.69) is 25.1 Å². The van der Waals surface area contributed by atoms with Crippen molar-refractivity contribution in [2.45, 2.75) is 32.7 Å². The molecule has 1 saturated heterocycles. The van der Waals surface area contributed by atoms with Gasteiger partial charge in [0.25, 0.3) is 0 Å². The molecule has 1 rings (SSSR count). The third-order valence-corrected chi connectivity index (χ3v) is 1.76. The van der Waals surface area contributed by atoms with E-state index in [0.29, 0.717) is 6.04 Å². The van der Waals surface area contributed by atoms with Gasteiger partial charge in [-0.1, -0.05) is 12.2 Å². The molecule has 1 aliphatic rings. The van der Waals surface area contributed by atoms with E-state index in [4.69, 9.17) is 5.73 Å². The fraction of sp³-hybridized carbons (Fsp3) is 0.667. The van der Waals surface area contributed by atoms with Crippen LogP contribution in [0.4, 0.5) is 0 Å². The van der Waals surface area contributed by atoms with Crippen LogP contribution in [-0.2, 0) is 0 Å². The maximum atomic E-state index is 5.67. The second kappa shape index (κ2) is 12.4. The minimum Gasteiger partial charge on any atom is -0.328 e. The normalized spacial score (nSPS) is 16.9. The molecule has 2 N–H and O–H groups in total. The number of likely N-dealkylation sites (tertiary alicyclic amines) is 1. The lowest BCUT2D eigenvalue weighted by molar-refractivity contribution is 0.256. The summed E-state index contributed by atoms with van der Waals surface area (Å²) >= 11 is 0. The van der Waals surface area contributed by atoms with Gasteiger partial charge in [-0.25, -0.2) is 0 Å². The van der Waals surface area contributed by atoms with E-state index in [1.54, 1.807) is 12.2 Å². The summed E-state index contributed by atoms with van der Waals surface area (Å²) in [6.07, 6.45) is 5.85. The summed E-state index contributed by atoms with van der Waals surface area (Å²) in [6.45, 7) is 12.9. The van der Waals surface area contributed by atoms with Crippen LogP contribution in [0.3, 0.4) is 0 Å². The number of piperidine rings is 1. The molecule has 0 aromatic rings. The molecular formula is C12H26N2. The molecule has 0 atom stereocenters. The molecule has 0 radical (unpaired) electrons. The molecule has 0 aromatic carbocycles. The van der Waals surface area contributed by atoms with Gasteiger partial charge in [0, 0.05) is 6.04 Å². The molecule has 0 bridgehead atoms. The van der Waals surface area contributed by atoms with Crippen molar-refractivity contribution >= 4 is 0 Å². The average Bonchev–Trinajstić information content (AvgIpc) is 2.13. The highest BCUT2D eigenvalue weighted by Gasteiger charge is 2.10. The summed E-state index contributed by atoms with van der Waals surface area (Å²) in [5.74, 6) is 0. The van der Waals surface area contributed by atoms with Crippen LogP contribution < -0.4 is 5.73 Å². The van der Waals surface area contributed by atoms with Gasteiger partial charge in [0.2, 0.25) is 0 Å². The second-order valence-corrected chi connectivity index (χ2v) is 3.46. The lowest BCUT2D eigenvalue weighted by atomic mass is 10.1. The minimum absolute atomic E-state index is 0.478. The first-order chi connectivity index (χ1) is 6.62. The lowest BCUT2D eigenvalue weighted by Gasteiger charge is -2.25. The molecule has 0 spiro atoms. The number of hydrogen-bond acceptors (Lipinski definition) is 2. The molecule has 0 amide bonds. The second-order valence-electron chi connectivity index (χ2n) is 3.46. The zero-order valence-electron chi connectivity index (χ0n) is 10.00. The predicted molar refractivity (Wildman–Crippen MR) is 66.4 cm³/mol. The molecule has 2 heteroatoms. The van der Waals surface area contributed by atoms with Gasteiger partial charge < -0.3 is 10.6 Å². The van der Waals surface area contributed by atoms with E-state index < -0.39 is 0 Å². The Hall–Kier alpha value is -0.600. The third-order valence-electron chi connectivity index (χ3n) is 1.76. The van der Waals surface area contributed by atoms with Gasteiger partial charge in [-0.05, 0) is 46.8 Å². The van der Waals surface area contributed by atoms with E-state index in [0.717, 1.165) is 0 Å². The van der Waals surface area contributed by atoms with Crippen molar-refractivity contribution in [2.24, 2.45) is 5.73 Å². The number of rotatable bonds is 0. The summed E-state index contributed by atoms with van der Waals surface area (Å²) in [6, 6.07) is 0.478. The Balaban J connectivity index is 0. The third kappa shape index (κ3) is 14.0. The molecule has 0 unspecified atom stereocenters. The van der Waals surface area contributed by atoms with Crippen molar-refractivity contribution in [3.05, 3.63) is 25.3 Å². The van der Waals surface area contributed by atoms with Crippen molar-refractivity contribution in [1.82, 2.24) is 4.90 Å². The lowest BCUT2D eigenvalue weighted by Crippen LogP contribution is -2.37. The smallest absolute Gasteiger partial charge is 0.00631 e. The zero-order chi connectivity index (χ0) is 11.4. The van der Waals surface area contributed by atoms with E-state index >= 15 is 0 Å². The molecule has 1 fully saturated rings. The molecule has 1 aliphatic heterocycles. The van der Waals surface area contributed by atoms with Crippen molar-refractivity contribution in [2.75, 3.05) is 20.1 Å². The molecule has 84 valence electrons. The van der Waals surface area contributed by atoms with Gasteiger partial charge in [0.15, 0.2) is 0 Å². The molecule has 14 heavy (non-hydrogen) atoms. The maximum absolute atomic E-state index is 5.67. The molecule has 0 aliphatic carbocycles. The number of nitrogens with two attached hydrogens (primary N) is 1. The van der Waals surface area contributed by atoms with E-state index in [-0.39, 0.29) is 0 Å². The van der Waals surface area contributed by atoms with Crippen LogP contribution in [-0.4, -0.2) is 31.1 Å². The number of hydrogen-bond donors (Lipinski definition) is 1. The van der Waals surface area contributed by atoms with Gasteiger partial charge in [-0.3, -0.25) is 0 Å². The summed E-state index contributed by atoms with van der Waals surface area (Å²) in [7, 11) is 2.14. The Bertz CT molecular complexity index is 108. The fourth-order valence-electron chi connectivity index (χ4n) is 1.03. The van der Waals surface area contributed by atoms with Gasteiger partial charge in [-0.15, -0.1) is 13.2 Å². The Morgan fingerprint density at radius 3 is 1.64 bits per heavy atom. The van der Waals surface area contributed by atoms with Crippen LogP contribution in [0, 0.1) is 0 Å². The van der Waals surface area contributed by atoms with E-state index in [9.17, 15) is 0 Å². The first-order valence-electron chi connectivity index (χ1n) is 5.20. The topological polar surface area (TPSA) is 29.3 Å². The fourth-order valence-corrected chi connectivity index (χ4v) is 1.03. The Morgan fingerprint density at radius 1 is 1.14 bits per heavy atom. The largest absolute Gasteiger partial charge is 0.328 e. The number of nitrogens with zero attached hydrogens (tertiary/aromatic N) is 1. The van der Waals surface area contributed by atoms with Crippen LogP contribution in [0.2, 0.25) is 0 Å². The Morgan fingerprint density at radius 2 is 1.43 bits per heavy atom. The highest BCUT2D eigenvalue weighted by atomic mass is 15.1. The summed E-state index contributed by atoms with van der Waals surface area (Å²) in [5.41, 5.74) is 5.67. The summed E-state index contributed by atoms with van der Waals surface area (Å²) in [4.78, 5) is 2.32. The van der Waals surface area contributed by atoms with Crippen molar-refractivity contribution in [1.29, 1.82) is 0 Å². The molecule has 2 nitrogen and oxygen atoms in total. The van der Waals surface area contributed by atoms with Crippen LogP contribution in [0.15, 0.2) is 25.3 Å². The zero-order valence-corrected chi connectivity index (χ0v) is 10.00. The van der Waals surface area contributed by atoms with Gasteiger partial charge >= 0.3 is 0 Å². The highest BCUT2D eigenvalue weighted by molar-refractivity contribution is 4.70. The van der Waals surface area contributed by atoms with Crippen LogP contribution >= 0.6 is 0 Å². The first-order valence-corrected chi connectivity index (χ1v) is 5.20. The molecular weight excluding hydrogens is 172 g/mol. The summed E-state index contributed by atoms with van der Waals surface area (Å²) < 4.78 is 0. The van der Waals surface area contributed by atoms with Crippen molar-refractivity contribution in [3.63, 3.8) is 0 Å². The Kier molecular flexibility index (Phi) is 14.0. The average molecular weight is 198 g/mol.